The number of hydrogen-bond donors (Lipinski definition) is 2. The molecule has 1 aliphatic carbocycles. The van der Waals surface area contributed by atoms with E-state index < -0.39 is 23.9 Å². The second kappa shape index (κ2) is 8.91. The molecule has 5 rings (SSSR count). The summed E-state index contributed by atoms with van der Waals surface area (Å²) in [5.74, 6) is 0.0355. The van der Waals surface area contributed by atoms with E-state index in [-0.39, 0.29) is 18.1 Å². The van der Waals surface area contributed by atoms with Gasteiger partial charge in [-0.1, -0.05) is 24.3 Å². The smallest absolute Gasteiger partial charge is 0.386 e. The van der Waals surface area contributed by atoms with Gasteiger partial charge in [0.15, 0.2) is 0 Å². The van der Waals surface area contributed by atoms with Crippen molar-refractivity contribution in [2.75, 3.05) is 5.73 Å². The van der Waals surface area contributed by atoms with E-state index in [9.17, 15) is 23.1 Å². The number of nitrogens with two attached hydrogens (primary N) is 1. The summed E-state index contributed by atoms with van der Waals surface area (Å²) in [6.07, 6.45) is -4.28. The number of aromatic nitrogens is 2. The Labute approximate surface area is 205 Å². The monoisotopic (exact) mass is 492 g/mol. The second-order valence-electron chi connectivity index (χ2n) is 8.98. The molecule has 2 atom stereocenters. The highest BCUT2D eigenvalue weighted by molar-refractivity contribution is 5.98. The van der Waals surface area contributed by atoms with Gasteiger partial charge < -0.3 is 15.7 Å². The molecule has 184 valence electrons. The third kappa shape index (κ3) is 4.37. The number of carbonyl (C=O) groups is 1. The lowest BCUT2D eigenvalue weighted by molar-refractivity contribution is -0.137. The van der Waals surface area contributed by atoms with Crippen LogP contribution in [0.25, 0.3) is 10.9 Å². The number of anilines is 1. The van der Waals surface area contributed by atoms with Crippen LogP contribution in [0.5, 0.6) is 0 Å². The minimum atomic E-state index is -4.51. The molecule has 36 heavy (non-hydrogen) atoms. The van der Waals surface area contributed by atoms with Crippen LogP contribution in [0.1, 0.15) is 44.4 Å². The number of rotatable bonds is 4. The Morgan fingerprint density at radius 1 is 1.14 bits per heavy atom. The first-order chi connectivity index (χ1) is 17.1. The van der Waals surface area contributed by atoms with E-state index in [2.05, 4.69) is 9.97 Å². The molecule has 3 N–H and O–H groups in total. The summed E-state index contributed by atoms with van der Waals surface area (Å²) >= 11 is 0. The van der Waals surface area contributed by atoms with Gasteiger partial charge in [0.2, 0.25) is 0 Å². The topological polar surface area (TPSA) is 92.3 Å². The summed E-state index contributed by atoms with van der Waals surface area (Å²) < 4.78 is 39.0. The number of nitrogen functional groups attached to an aromatic ring is 1. The molecular formula is C27H23F3N4O2. The molecule has 9 heteroatoms. The fourth-order valence-corrected chi connectivity index (χ4v) is 4.63. The number of amides is 1. The van der Waals surface area contributed by atoms with Crippen molar-refractivity contribution in [2.45, 2.75) is 38.2 Å². The molecule has 0 spiro atoms. The molecule has 6 nitrogen and oxygen atoms in total. The Kier molecular flexibility index (Phi) is 5.88. The Hall–Kier alpha value is -3.98. The summed E-state index contributed by atoms with van der Waals surface area (Å²) in [6, 6.07) is 15.9. The molecule has 0 aliphatic heterocycles. The molecule has 0 saturated carbocycles. The first-order valence-corrected chi connectivity index (χ1v) is 11.4. The molecule has 0 unspecified atom stereocenters. The number of nitrogens with zero attached hydrogens (tertiary/aromatic N) is 3. The van der Waals surface area contributed by atoms with E-state index >= 15 is 0 Å². The maximum Gasteiger partial charge on any atom is 0.417 e. The zero-order valence-corrected chi connectivity index (χ0v) is 19.3. The van der Waals surface area contributed by atoms with E-state index in [0.29, 0.717) is 23.3 Å². The van der Waals surface area contributed by atoms with E-state index in [1.54, 1.807) is 18.2 Å². The zero-order chi connectivity index (χ0) is 25.6. The number of aliphatic hydroxyl groups is 1. The SMILES string of the molecule is Cc1cc2cc(C(=O)N(Cc3ccc(C(F)(F)F)cn3)[C@@H]3Cc4ccccc4[C@@H]3O)ccc2nc1N. The first kappa shape index (κ1) is 23.7. The van der Waals surface area contributed by atoms with Gasteiger partial charge in [-0.15, -0.1) is 0 Å². The van der Waals surface area contributed by atoms with Crippen LogP contribution >= 0.6 is 0 Å². The molecule has 2 aromatic carbocycles. The molecule has 2 heterocycles. The number of benzene rings is 2. The number of aliphatic hydroxyl groups excluding tert-OH is 1. The van der Waals surface area contributed by atoms with Crippen molar-refractivity contribution in [3.8, 4) is 0 Å². The van der Waals surface area contributed by atoms with Gasteiger partial charge in [0.05, 0.1) is 35.5 Å². The van der Waals surface area contributed by atoms with Gasteiger partial charge in [0, 0.05) is 17.1 Å². The third-order valence-corrected chi connectivity index (χ3v) is 6.60. The standard InChI is InChI=1S/C27H23F3N4O2/c1-15-10-18-11-17(6-9-22(18)33-25(15)31)26(36)34(14-20-8-7-19(13-32-20)27(28,29)30)23-12-16-4-2-3-5-21(16)24(23)35/h2-11,13,23-24,35H,12,14H2,1H3,(H2,31,33)/t23-,24+/m1/s1. The van der Waals surface area contributed by atoms with Crippen LogP contribution in [-0.2, 0) is 19.1 Å². The lowest BCUT2D eigenvalue weighted by Gasteiger charge is -2.31. The van der Waals surface area contributed by atoms with E-state index in [0.717, 1.165) is 34.3 Å². The average Bonchev–Trinajstić information content (AvgIpc) is 3.18. The van der Waals surface area contributed by atoms with Crippen LogP contribution in [0.3, 0.4) is 0 Å². The lowest BCUT2D eigenvalue weighted by Crippen LogP contribution is -2.42. The number of fused-ring (bicyclic) bond motifs is 2. The molecule has 0 radical (unpaired) electrons. The van der Waals surface area contributed by atoms with Gasteiger partial charge in [-0.2, -0.15) is 13.2 Å². The van der Waals surface area contributed by atoms with Gasteiger partial charge in [-0.05, 0) is 66.4 Å². The van der Waals surface area contributed by atoms with Crippen LogP contribution < -0.4 is 5.73 Å². The minimum Gasteiger partial charge on any atom is -0.386 e. The molecule has 0 saturated heterocycles. The van der Waals surface area contributed by atoms with Gasteiger partial charge in [0.1, 0.15) is 5.82 Å². The normalized spacial score (nSPS) is 17.2. The number of alkyl halides is 3. The highest BCUT2D eigenvalue weighted by Gasteiger charge is 2.38. The fraction of sp³-hybridized carbons (Fsp3) is 0.222. The molecular weight excluding hydrogens is 469 g/mol. The average molecular weight is 493 g/mol. The Morgan fingerprint density at radius 3 is 2.61 bits per heavy atom. The zero-order valence-electron chi connectivity index (χ0n) is 19.3. The van der Waals surface area contributed by atoms with Crippen LogP contribution in [-0.4, -0.2) is 31.9 Å². The largest absolute Gasteiger partial charge is 0.417 e. The van der Waals surface area contributed by atoms with Crippen LogP contribution in [0.15, 0.2) is 66.9 Å². The minimum absolute atomic E-state index is 0.0657. The van der Waals surface area contributed by atoms with E-state index in [1.165, 1.54) is 11.0 Å². The van der Waals surface area contributed by atoms with Crippen molar-refractivity contribution < 1.29 is 23.1 Å². The quantitative estimate of drug-likeness (QED) is 0.425. The van der Waals surface area contributed by atoms with Gasteiger partial charge in [-0.3, -0.25) is 9.78 Å². The molecule has 4 aromatic rings. The Bertz CT molecular complexity index is 1450. The number of carbonyl (C=O) groups excluding carboxylic acids is 1. The number of aryl methyl sites for hydroxylation is 1. The summed E-state index contributed by atoms with van der Waals surface area (Å²) in [6.45, 7) is 1.76. The lowest BCUT2D eigenvalue weighted by atomic mass is 10.0. The molecule has 0 bridgehead atoms. The summed E-state index contributed by atoms with van der Waals surface area (Å²) in [4.78, 5) is 23.6. The van der Waals surface area contributed by atoms with Gasteiger partial charge in [0.25, 0.3) is 5.91 Å². The van der Waals surface area contributed by atoms with Gasteiger partial charge in [-0.25, -0.2) is 4.98 Å². The van der Waals surface area contributed by atoms with Crippen molar-refractivity contribution >= 4 is 22.6 Å². The third-order valence-electron chi connectivity index (χ3n) is 6.60. The Balaban J connectivity index is 1.52. The number of hydrogen-bond acceptors (Lipinski definition) is 5. The highest BCUT2D eigenvalue weighted by Crippen LogP contribution is 2.36. The number of pyridine rings is 2. The highest BCUT2D eigenvalue weighted by atomic mass is 19.4. The van der Waals surface area contributed by atoms with Crippen molar-refractivity contribution in [2.24, 2.45) is 0 Å². The second-order valence-corrected chi connectivity index (χ2v) is 8.98. The van der Waals surface area contributed by atoms with E-state index in [1.807, 2.05) is 37.3 Å². The van der Waals surface area contributed by atoms with Crippen molar-refractivity contribution in [1.82, 2.24) is 14.9 Å². The molecule has 1 amide bonds. The maximum atomic E-state index is 13.8. The maximum absolute atomic E-state index is 13.8. The molecule has 2 aromatic heterocycles. The van der Waals surface area contributed by atoms with E-state index in [4.69, 9.17) is 5.73 Å². The predicted octanol–water partition coefficient (Wildman–Crippen LogP) is 4.84. The summed E-state index contributed by atoms with van der Waals surface area (Å²) in [5, 5.41) is 11.8. The van der Waals surface area contributed by atoms with Crippen molar-refractivity contribution in [3.63, 3.8) is 0 Å². The first-order valence-electron chi connectivity index (χ1n) is 11.4. The van der Waals surface area contributed by atoms with Gasteiger partial charge >= 0.3 is 6.18 Å². The molecule has 1 aliphatic rings. The van der Waals surface area contributed by atoms with Crippen molar-refractivity contribution in [1.29, 1.82) is 0 Å². The summed E-state index contributed by atoms with van der Waals surface area (Å²) in [5.41, 5.74) is 8.75. The van der Waals surface area contributed by atoms with Crippen LogP contribution in [0.2, 0.25) is 0 Å². The fourth-order valence-electron chi connectivity index (χ4n) is 4.63. The number of halogens is 3. The van der Waals surface area contributed by atoms with Crippen LogP contribution in [0, 0.1) is 6.92 Å². The molecule has 0 fully saturated rings. The van der Waals surface area contributed by atoms with Crippen molar-refractivity contribution in [3.05, 3.63) is 100 Å². The van der Waals surface area contributed by atoms with Crippen LogP contribution in [0.4, 0.5) is 19.0 Å². The summed E-state index contributed by atoms with van der Waals surface area (Å²) in [7, 11) is 0. The predicted molar refractivity (Wildman–Crippen MR) is 129 cm³/mol. The Morgan fingerprint density at radius 2 is 1.92 bits per heavy atom.